The molecule has 3 aliphatic rings. The Bertz CT molecular complexity index is 363. The van der Waals surface area contributed by atoms with Gasteiger partial charge in [-0.15, -0.1) is 0 Å². The molecule has 74 valence electrons. The average molecular weight is 194 g/mol. The molecule has 0 saturated carbocycles. The van der Waals surface area contributed by atoms with Crippen LogP contribution in [-0.4, -0.2) is 40.5 Å². The van der Waals surface area contributed by atoms with Crippen LogP contribution in [0, 0.1) is 5.92 Å². The molecular formula is C9H10N2O3. The summed E-state index contributed by atoms with van der Waals surface area (Å²) in [6.45, 7) is 0.820. The van der Waals surface area contributed by atoms with Gasteiger partial charge >= 0.3 is 5.97 Å². The minimum absolute atomic E-state index is 0.0918. The third kappa shape index (κ3) is 0.737. The molecule has 0 spiro atoms. The zero-order valence-electron chi connectivity index (χ0n) is 7.43. The van der Waals surface area contributed by atoms with Gasteiger partial charge in [0.05, 0.1) is 6.04 Å². The number of carbonyl (C=O) groups is 2. The molecule has 0 radical (unpaired) electrons. The number of hydrogen-bond acceptors (Lipinski definition) is 3. The summed E-state index contributed by atoms with van der Waals surface area (Å²) in [6, 6.07) is -0.0263. The van der Waals surface area contributed by atoms with Crippen LogP contribution in [0.15, 0.2) is 11.8 Å². The fourth-order valence-corrected chi connectivity index (χ4v) is 2.65. The summed E-state index contributed by atoms with van der Waals surface area (Å²) in [5.41, 5.74) is 0.163. The maximum atomic E-state index is 11.5. The minimum atomic E-state index is -0.998. The summed E-state index contributed by atoms with van der Waals surface area (Å²) >= 11 is 0. The number of hydrogen-bond donors (Lipinski definition) is 2. The van der Waals surface area contributed by atoms with E-state index in [0.29, 0.717) is 5.92 Å². The molecule has 0 aliphatic carbocycles. The summed E-state index contributed by atoms with van der Waals surface area (Å²) < 4.78 is 0. The van der Waals surface area contributed by atoms with Crippen molar-refractivity contribution >= 4 is 11.9 Å². The lowest BCUT2D eigenvalue weighted by Crippen LogP contribution is -2.67. The first-order chi connectivity index (χ1) is 6.70. The third-order valence-electron chi connectivity index (χ3n) is 3.32. The van der Waals surface area contributed by atoms with E-state index in [0.717, 1.165) is 13.0 Å². The van der Waals surface area contributed by atoms with Gasteiger partial charge < -0.3 is 10.4 Å². The van der Waals surface area contributed by atoms with Crippen molar-refractivity contribution in [3.63, 3.8) is 0 Å². The van der Waals surface area contributed by atoms with E-state index in [-0.39, 0.29) is 23.7 Å². The highest BCUT2D eigenvalue weighted by molar-refractivity contribution is 6.00. The maximum absolute atomic E-state index is 11.5. The number of rotatable bonds is 1. The summed E-state index contributed by atoms with van der Waals surface area (Å²) in [6.07, 6.45) is 2.42. The number of carboxylic acids is 1. The molecule has 1 amide bonds. The van der Waals surface area contributed by atoms with Crippen LogP contribution in [0.3, 0.4) is 0 Å². The molecule has 0 aromatic carbocycles. The van der Waals surface area contributed by atoms with Gasteiger partial charge in [0, 0.05) is 6.54 Å². The smallest absolute Gasteiger partial charge is 0.352 e. The monoisotopic (exact) mass is 194 g/mol. The van der Waals surface area contributed by atoms with E-state index in [2.05, 4.69) is 5.32 Å². The number of amides is 1. The lowest BCUT2D eigenvalue weighted by Gasteiger charge is -2.47. The van der Waals surface area contributed by atoms with Crippen LogP contribution in [-0.2, 0) is 9.59 Å². The van der Waals surface area contributed by atoms with E-state index in [1.165, 1.54) is 4.90 Å². The second-order valence-electron chi connectivity index (χ2n) is 3.98. The van der Waals surface area contributed by atoms with Crippen LogP contribution in [0.2, 0.25) is 0 Å². The van der Waals surface area contributed by atoms with Crippen LogP contribution in [0.25, 0.3) is 0 Å². The quantitative estimate of drug-likeness (QED) is 0.534. The van der Waals surface area contributed by atoms with E-state index in [1.54, 1.807) is 6.08 Å². The minimum Gasteiger partial charge on any atom is -0.477 e. The van der Waals surface area contributed by atoms with Gasteiger partial charge in [0.25, 0.3) is 0 Å². The third-order valence-corrected chi connectivity index (χ3v) is 3.32. The second-order valence-corrected chi connectivity index (χ2v) is 3.98. The maximum Gasteiger partial charge on any atom is 0.352 e. The van der Waals surface area contributed by atoms with Gasteiger partial charge in [-0.2, -0.15) is 0 Å². The highest BCUT2D eigenvalue weighted by Gasteiger charge is 2.58. The van der Waals surface area contributed by atoms with Crippen LogP contribution in [0.5, 0.6) is 0 Å². The number of aliphatic carboxylic acids is 1. The van der Waals surface area contributed by atoms with Crippen molar-refractivity contribution in [3.05, 3.63) is 11.8 Å². The lowest BCUT2D eigenvalue weighted by atomic mass is 9.83. The van der Waals surface area contributed by atoms with Crippen molar-refractivity contribution in [1.82, 2.24) is 10.2 Å². The molecule has 0 bridgehead atoms. The van der Waals surface area contributed by atoms with E-state index < -0.39 is 5.97 Å². The zero-order valence-corrected chi connectivity index (χ0v) is 7.43. The Morgan fingerprint density at radius 3 is 3.14 bits per heavy atom. The largest absolute Gasteiger partial charge is 0.477 e. The molecule has 2 N–H and O–H groups in total. The van der Waals surface area contributed by atoms with Crippen LogP contribution in [0.1, 0.15) is 6.42 Å². The van der Waals surface area contributed by atoms with Crippen molar-refractivity contribution in [2.75, 3.05) is 6.54 Å². The number of nitrogens with one attached hydrogen (secondary N) is 1. The summed E-state index contributed by atoms with van der Waals surface area (Å²) in [7, 11) is 0. The Morgan fingerprint density at radius 2 is 2.43 bits per heavy atom. The molecule has 3 unspecified atom stereocenters. The standard InChI is InChI=1S/C9H10N2O3/c12-8-6-7-4(3-10-6)1-2-5(9(13)14)11(7)8/h2,4,6-7,10H,1,3H2,(H,13,14). The van der Waals surface area contributed by atoms with Crippen LogP contribution < -0.4 is 5.32 Å². The van der Waals surface area contributed by atoms with Gasteiger partial charge in [0.1, 0.15) is 11.7 Å². The number of allylic oxidation sites excluding steroid dienone is 1. The lowest BCUT2D eigenvalue weighted by molar-refractivity contribution is -0.153. The van der Waals surface area contributed by atoms with Gasteiger partial charge in [-0.05, 0) is 12.3 Å². The topological polar surface area (TPSA) is 69.6 Å². The van der Waals surface area contributed by atoms with Crippen molar-refractivity contribution in [2.45, 2.75) is 18.5 Å². The Balaban J connectivity index is 1.99. The van der Waals surface area contributed by atoms with E-state index >= 15 is 0 Å². The van der Waals surface area contributed by atoms with Gasteiger partial charge in [-0.1, -0.05) is 6.08 Å². The molecule has 5 heteroatoms. The molecule has 2 fully saturated rings. The first kappa shape index (κ1) is 7.99. The first-order valence-corrected chi connectivity index (χ1v) is 4.70. The van der Waals surface area contributed by atoms with E-state index in [9.17, 15) is 9.59 Å². The van der Waals surface area contributed by atoms with Crippen molar-refractivity contribution < 1.29 is 14.7 Å². The molecular weight excluding hydrogens is 184 g/mol. The van der Waals surface area contributed by atoms with Gasteiger partial charge in [0.15, 0.2) is 0 Å². The number of carboxylic acid groups (broad SMARTS) is 1. The summed E-state index contributed by atoms with van der Waals surface area (Å²) in [5.74, 6) is -0.686. The fourth-order valence-electron chi connectivity index (χ4n) is 2.65. The molecule has 5 nitrogen and oxygen atoms in total. The van der Waals surface area contributed by atoms with Crippen LogP contribution in [0.4, 0.5) is 0 Å². The number of nitrogens with zero attached hydrogens (tertiary/aromatic N) is 1. The van der Waals surface area contributed by atoms with Gasteiger partial charge in [0.2, 0.25) is 5.91 Å². The Hall–Kier alpha value is -1.36. The summed E-state index contributed by atoms with van der Waals surface area (Å²) in [4.78, 5) is 23.8. The highest BCUT2D eigenvalue weighted by atomic mass is 16.4. The fraction of sp³-hybridized carbons (Fsp3) is 0.556. The van der Waals surface area contributed by atoms with Crippen LogP contribution >= 0.6 is 0 Å². The SMILES string of the molecule is O=C(O)C1=CCC2CNC3C(=O)N1C23. The predicted octanol–water partition coefficient (Wildman–Crippen LogP) is -0.843. The second kappa shape index (κ2) is 2.36. The molecule has 3 heterocycles. The molecule has 3 aliphatic heterocycles. The number of β-lactam (4-membered cyclic amide) rings is 1. The van der Waals surface area contributed by atoms with Crippen molar-refractivity contribution in [1.29, 1.82) is 0 Å². The number of carbonyl (C=O) groups excluding carboxylic acids is 1. The Labute approximate surface area is 80.4 Å². The Kier molecular flexibility index (Phi) is 1.35. The molecule has 3 atom stereocenters. The molecule has 0 aromatic heterocycles. The predicted molar refractivity (Wildman–Crippen MR) is 46.3 cm³/mol. The average Bonchev–Trinajstić information content (AvgIpc) is 2.56. The molecule has 14 heavy (non-hydrogen) atoms. The molecule has 2 saturated heterocycles. The first-order valence-electron chi connectivity index (χ1n) is 4.70. The van der Waals surface area contributed by atoms with Gasteiger partial charge in [-0.25, -0.2) is 4.79 Å². The van der Waals surface area contributed by atoms with E-state index in [4.69, 9.17) is 5.11 Å². The van der Waals surface area contributed by atoms with Gasteiger partial charge in [-0.3, -0.25) is 9.69 Å². The van der Waals surface area contributed by atoms with Crippen molar-refractivity contribution in [3.8, 4) is 0 Å². The summed E-state index contributed by atoms with van der Waals surface area (Å²) in [5, 5.41) is 12.0. The highest BCUT2D eigenvalue weighted by Crippen LogP contribution is 2.40. The Morgan fingerprint density at radius 1 is 1.64 bits per heavy atom. The van der Waals surface area contributed by atoms with E-state index in [1.807, 2.05) is 0 Å². The molecule has 0 aromatic rings. The molecule has 3 rings (SSSR count). The zero-order chi connectivity index (χ0) is 9.87. The van der Waals surface area contributed by atoms with Crippen molar-refractivity contribution in [2.24, 2.45) is 5.92 Å². The normalized spacial score (nSPS) is 38.9.